The van der Waals surface area contributed by atoms with E-state index in [4.69, 9.17) is 0 Å². The van der Waals surface area contributed by atoms with Gasteiger partial charge in [0.1, 0.15) is 0 Å². The Morgan fingerprint density at radius 3 is 2.90 bits per heavy atom. The summed E-state index contributed by atoms with van der Waals surface area (Å²) in [6, 6.07) is 0.566. The van der Waals surface area contributed by atoms with E-state index in [2.05, 4.69) is 20.2 Å². The van der Waals surface area contributed by atoms with E-state index < -0.39 is 10.0 Å². The van der Waals surface area contributed by atoms with Crippen LogP contribution in [0.4, 0.5) is 0 Å². The molecule has 2 unspecified atom stereocenters. The second-order valence-electron chi connectivity index (χ2n) is 5.81. The summed E-state index contributed by atoms with van der Waals surface area (Å²) < 4.78 is 28.0. The zero-order valence-corrected chi connectivity index (χ0v) is 13.8. The average molecular weight is 330 g/mol. The number of H-pyrrole nitrogens is 1. The van der Waals surface area contributed by atoms with Gasteiger partial charge >= 0.3 is 0 Å². The zero-order valence-electron chi connectivity index (χ0n) is 12.1. The van der Waals surface area contributed by atoms with Gasteiger partial charge in [0.15, 0.2) is 5.03 Å². The van der Waals surface area contributed by atoms with E-state index in [9.17, 15) is 8.42 Å². The second kappa shape index (κ2) is 6.28. The molecule has 2 saturated carbocycles. The molecule has 1 aromatic rings. The average Bonchev–Trinajstić information content (AvgIpc) is 2.98. The van der Waals surface area contributed by atoms with Gasteiger partial charge in [0, 0.05) is 29.4 Å². The van der Waals surface area contributed by atoms with Gasteiger partial charge in [-0.15, -0.1) is 0 Å². The van der Waals surface area contributed by atoms with Gasteiger partial charge in [-0.1, -0.05) is 6.42 Å². The van der Waals surface area contributed by atoms with Crippen molar-refractivity contribution >= 4 is 21.8 Å². The molecule has 0 spiro atoms. The van der Waals surface area contributed by atoms with Crippen LogP contribution in [-0.2, 0) is 16.6 Å². The molecule has 0 aliphatic heterocycles. The highest BCUT2D eigenvalue weighted by molar-refractivity contribution is 7.99. The van der Waals surface area contributed by atoms with Crippen LogP contribution in [0.1, 0.15) is 37.7 Å². The summed E-state index contributed by atoms with van der Waals surface area (Å²) in [7, 11) is -3.52. The molecule has 0 saturated heterocycles. The number of aromatic nitrogens is 2. The molecule has 8 heteroatoms. The van der Waals surface area contributed by atoms with Crippen molar-refractivity contribution in [2.45, 2.75) is 61.0 Å². The lowest BCUT2D eigenvalue weighted by Crippen LogP contribution is -2.39. The number of rotatable bonds is 7. The Hall–Kier alpha value is -0.570. The number of hydrogen-bond acceptors (Lipinski definition) is 5. The van der Waals surface area contributed by atoms with Crippen LogP contribution in [0.5, 0.6) is 0 Å². The van der Waals surface area contributed by atoms with Gasteiger partial charge in [0.2, 0.25) is 0 Å². The molecule has 2 fully saturated rings. The van der Waals surface area contributed by atoms with E-state index in [0.717, 1.165) is 19.3 Å². The summed E-state index contributed by atoms with van der Waals surface area (Å²) in [5.74, 6) is 0. The van der Waals surface area contributed by atoms with Crippen molar-refractivity contribution in [2.75, 3.05) is 6.26 Å². The van der Waals surface area contributed by atoms with Crippen molar-refractivity contribution in [3.8, 4) is 0 Å². The summed E-state index contributed by atoms with van der Waals surface area (Å²) in [4.78, 5) is 0. The minimum absolute atomic E-state index is 0.0255. The summed E-state index contributed by atoms with van der Waals surface area (Å²) >= 11 is 1.74. The lowest BCUT2D eigenvalue weighted by Gasteiger charge is -2.19. The summed E-state index contributed by atoms with van der Waals surface area (Å²) in [5, 5.41) is 10.5. The molecule has 1 aromatic heterocycles. The highest BCUT2D eigenvalue weighted by Crippen LogP contribution is 2.29. The van der Waals surface area contributed by atoms with Crippen LogP contribution in [0.15, 0.2) is 11.2 Å². The maximum absolute atomic E-state index is 12.6. The van der Waals surface area contributed by atoms with E-state index in [1.54, 1.807) is 18.0 Å². The van der Waals surface area contributed by atoms with Crippen molar-refractivity contribution in [2.24, 2.45) is 0 Å². The smallest absolute Gasteiger partial charge is 0.258 e. The fourth-order valence-corrected chi connectivity index (χ4v) is 5.26. The number of hydrogen-bond donors (Lipinski definition) is 3. The standard InChI is InChI=1S/C13H22N4O2S2/c1-20-12-4-2-3-11(12)17-21(18,19)13-9(8-15-16-13)7-14-10-5-6-10/h8,10-12,14,17H,2-7H2,1H3,(H,15,16). The molecule has 118 valence electrons. The molecule has 3 rings (SSSR count). The molecule has 0 bridgehead atoms. The van der Waals surface area contributed by atoms with E-state index in [1.807, 2.05) is 6.26 Å². The Labute approximate surface area is 129 Å². The molecular formula is C13H22N4O2S2. The fourth-order valence-electron chi connectivity index (χ4n) is 2.80. The Balaban J connectivity index is 1.70. The van der Waals surface area contributed by atoms with Crippen LogP contribution >= 0.6 is 11.8 Å². The molecule has 3 N–H and O–H groups in total. The minimum atomic E-state index is -3.52. The molecule has 21 heavy (non-hydrogen) atoms. The molecule has 6 nitrogen and oxygen atoms in total. The Morgan fingerprint density at radius 1 is 1.38 bits per heavy atom. The normalized spacial score (nSPS) is 26.3. The topological polar surface area (TPSA) is 86.9 Å². The SMILES string of the molecule is CSC1CCCC1NS(=O)(=O)c1[nH]ncc1CNC1CC1. The zero-order chi connectivity index (χ0) is 14.9. The number of nitrogens with one attached hydrogen (secondary N) is 3. The van der Waals surface area contributed by atoms with Crippen molar-refractivity contribution in [3.05, 3.63) is 11.8 Å². The third kappa shape index (κ3) is 3.61. The Kier molecular flexibility index (Phi) is 4.58. The van der Waals surface area contributed by atoms with E-state index in [0.29, 0.717) is 23.4 Å². The van der Waals surface area contributed by atoms with Crippen LogP contribution in [0, 0.1) is 0 Å². The predicted molar refractivity (Wildman–Crippen MR) is 83.7 cm³/mol. The van der Waals surface area contributed by atoms with Crippen LogP contribution in [0.3, 0.4) is 0 Å². The lowest BCUT2D eigenvalue weighted by atomic mass is 10.3. The summed E-state index contributed by atoms with van der Waals surface area (Å²) in [6.07, 6.45) is 9.06. The molecule has 2 aliphatic rings. The number of sulfonamides is 1. The van der Waals surface area contributed by atoms with Crippen LogP contribution in [-0.4, -0.2) is 42.2 Å². The third-order valence-corrected chi connectivity index (χ3v) is 6.84. The molecule has 0 aromatic carbocycles. The van der Waals surface area contributed by atoms with Gasteiger partial charge in [0.25, 0.3) is 10.0 Å². The van der Waals surface area contributed by atoms with Crippen molar-refractivity contribution in [3.63, 3.8) is 0 Å². The first kappa shape index (κ1) is 15.3. The van der Waals surface area contributed by atoms with Crippen molar-refractivity contribution in [1.82, 2.24) is 20.2 Å². The van der Waals surface area contributed by atoms with Crippen molar-refractivity contribution < 1.29 is 8.42 Å². The van der Waals surface area contributed by atoms with E-state index >= 15 is 0 Å². The first-order chi connectivity index (χ1) is 10.1. The van der Waals surface area contributed by atoms with Gasteiger partial charge in [-0.3, -0.25) is 5.10 Å². The number of nitrogens with zero attached hydrogens (tertiary/aromatic N) is 1. The third-order valence-electron chi connectivity index (χ3n) is 4.17. The summed E-state index contributed by atoms with van der Waals surface area (Å²) in [6.45, 7) is 0.550. The highest BCUT2D eigenvalue weighted by atomic mass is 32.2. The minimum Gasteiger partial charge on any atom is -0.310 e. The molecule has 1 heterocycles. The van der Waals surface area contributed by atoms with E-state index in [1.165, 1.54) is 12.8 Å². The molecule has 0 radical (unpaired) electrons. The van der Waals surface area contributed by atoms with Gasteiger partial charge in [-0.05, 0) is 31.9 Å². The van der Waals surface area contributed by atoms with E-state index in [-0.39, 0.29) is 11.1 Å². The van der Waals surface area contributed by atoms with Crippen LogP contribution in [0.2, 0.25) is 0 Å². The second-order valence-corrected chi connectivity index (χ2v) is 8.54. The molecule has 2 aliphatic carbocycles. The largest absolute Gasteiger partial charge is 0.310 e. The fraction of sp³-hybridized carbons (Fsp3) is 0.769. The van der Waals surface area contributed by atoms with Crippen LogP contribution in [0.25, 0.3) is 0 Å². The number of thioether (sulfide) groups is 1. The maximum atomic E-state index is 12.6. The predicted octanol–water partition coefficient (Wildman–Crippen LogP) is 1.22. The number of aromatic amines is 1. The first-order valence-electron chi connectivity index (χ1n) is 7.41. The van der Waals surface area contributed by atoms with Crippen molar-refractivity contribution in [1.29, 1.82) is 0 Å². The van der Waals surface area contributed by atoms with Crippen LogP contribution < -0.4 is 10.0 Å². The van der Waals surface area contributed by atoms with Gasteiger partial charge in [0.05, 0.1) is 6.20 Å². The van der Waals surface area contributed by atoms with Gasteiger partial charge < -0.3 is 5.32 Å². The van der Waals surface area contributed by atoms with Gasteiger partial charge in [-0.2, -0.15) is 16.9 Å². The molecular weight excluding hydrogens is 308 g/mol. The molecule has 2 atom stereocenters. The maximum Gasteiger partial charge on any atom is 0.258 e. The Morgan fingerprint density at radius 2 is 2.19 bits per heavy atom. The van der Waals surface area contributed by atoms with Gasteiger partial charge in [-0.25, -0.2) is 13.1 Å². The highest BCUT2D eigenvalue weighted by Gasteiger charge is 2.32. The molecule has 0 amide bonds. The first-order valence-corrected chi connectivity index (χ1v) is 10.2. The Bertz CT molecular complexity index is 583. The summed E-state index contributed by atoms with van der Waals surface area (Å²) in [5.41, 5.74) is 0.716. The lowest BCUT2D eigenvalue weighted by molar-refractivity contribution is 0.549. The quantitative estimate of drug-likeness (QED) is 0.700. The monoisotopic (exact) mass is 330 g/mol.